The van der Waals surface area contributed by atoms with Gasteiger partial charge in [-0.1, -0.05) is 124 Å². The number of rotatable bonds is 6. The summed E-state index contributed by atoms with van der Waals surface area (Å²) >= 11 is 0. The van der Waals surface area contributed by atoms with Gasteiger partial charge in [-0.3, -0.25) is 0 Å². The molecule has 0 unspecified atom stereocenters. The molecule has 4 aromatic carbocycles. The van der Waals surface area contributed by atoms with Crippen LogP contribution >= 0.6 is 0 Å². The maximum Gasteiger partial charge on any atom is 0.127 e. The van der Waals surface area contributed by atoms with E-state index < -0.39 is 0 Å². The van der Waals surface area contributed by atoms with Crippen molar-refractivity contribution in [3.8, 4) is 56.3 Å². The molecule has 0 amide bonds. The molecular formula is C59H73F2HfNO2-2. The summed E-state index contributed by atoms with van der Waals surface area (Å²) < 4.78 is 32.3. The number of phenolic OH excluding ortho intramolecular Hbond substituents is 2. The molecule has 0 saturated heterocycles. The van der Waals surface area contributed by atoms with Gasteiger partial charge in [0.1, 0.15) is 23.1 Å². The van der Waals surface area contributed by atoms with Crippen LogP contribution < -0.4 is 0 Å². The second-order valence-electron chi connectivity index (χ2n) is 24.8. The first-order valence-corrected chi connectivity index (χ1v) is 23.1. The Balaban J connectivity index is 0.00000233. The minimum atomic E-state index is -0.363. The second kappa shape index (κ2) is 16.8. The van der Waals surface area contributed by atoms with Gasteiger partial charge in [0, 0.05) is 70.1 Å². The van der Waals surface area contributed by atoms with Crippen molar-refractivity contribution in [1.29, 1.82) is 0 Å². The summed E-state index contributed by atoms with van der Waals surface area (Å²) in [5.74, 6) is -0.405. The molecule has 0 atom stereocenters. The Kier molecular flexibility index (Phi) is 13.2. The normalized spacial score (nSPS) is 27.9. The third-order valence-corrected chi connectivity index (χ3v) is 15.4. The van der Waals surface area contributed by atoms with Crippen LogP contribution in [0.2, 0.25) is 0 Å². The molecule has 0 radical (unpaired) electrons. The van der Waals surface area contributed by atoms with Gasteiger partial charge in [-0.2, -0.15) is 0 Å². The van der Waals surface area contributed by atoms with Crippen molar-refractivity contribution in [3.05, 3.63) is 129 Å². The topological polar surface area (TPSA) is 53.4 Å². The molecular weight excluding hydrogens is 971 g/mol. The number of hydrogen-bond donors (Lipinski definition) is 2. The first-order chi connectivity index (χ1) is 28.8. The Hall–Kier alpha value is -3.64. The standard InChI is InChI=1S/C57H67F2NO2.2CH3.Hf/c1-50(2)26-54(9)27-51(3,4)31-56(30-50,34-54)44-24-36(58)22-42(48(44)61)38-16-11-13-18-40(38)46-20-15-21-47(60-46)41-19-14-12-17-39(41)43-23-37(59)25-45(49(43)62)57-32-52(5,6)28-55(10,35-57)29-53(7,8)33-57;;;/h11-25,61-62H,26-35H2,1-10H3;2*1H3;/q;2*-1;. The average molecular weight is 1040 g/mol. The molecule has 4 aliphatic rings. The van der Waals surface area contributed by atoms with Crippen LogP contribution in [-0.4, -0.2) is 15.2 Å². The Labute approximate surface area is 409 Å². The van der Waals surface area contributed by atoms with Crippen LogP contribution in [0.15, 0.2) is 91.0 Å². The van der Waals surface area contributed by atoms with Crippen molar-refractivity contribution >= 4 is 0 Å². The number of pyridine rings is 1. The number of halogens is 2. The van der Waals surface area contributed by atoms with Crippen molar-refractivity contribution in [1.82, 2.24) is 4.98 Å². The SMILES string of the molecule is CC1(C)CC2(C)CC(C)(C)CC(c3cc(F)cc(-c4ccccc4-c4cccc(-c5ccccc5-c5cc(F)cc(C67CC(C)(C)CC(C)(CC(C)(C)C6)C7)c5O)n4)c3O)(C1)C2.[CH3-].[CH3-].[Hf]. The monoisotopic (exact) mass is 1050 g/mol. The molecule has 5 aromatic rings. The van der Waals surface area contributed by atoms with Gasteiger partial charge in [0.15, 0.2) is 0 Å². The number of nitrogens with zero attached hydrogens (tertiary/aromatic N) is 1. The molecule has 0 spiro atoms. The van der Waals surface area contributed by atoms with Gasteiger partial charge in [0.25, 0.3) is 0 Å². The largest absolute Gasteiger partial charge is 0.507 e. The fourth-order valence-electron chi connectivity index (χ4n) is 16.5. The maximum atomic E-state index is 16.2. The van der Waals surface area contributed by atoms with Gasteiger partial charge in [0.05, 0.1) is 11.4 Å². The van der Waals surface area contributed by atoms with Crippen molar-refractivity contribution in [3.63, 3.8) is 0 Å². The predicted octanol–water partition coefficient (Wildman–Crippen LogP) is 16.9. The van der Waals surface area contributed by atoms with Gasteiger partial charge in [-0.15, -0.1) is 0 Å². The van der Waals surface area contributed by atoms with E-state index in [-0.39, 0.29) is 107 Å². The zero-order valence-electron chi connectivity index (χ0n) is 41.3. The van der Waals surface area contributed by atoms with Crippen LogP contribution in [0, 0.1) is 59.0 Å². The number of fused-ring (bicyclic) bond motifs is 4. The summed E-state index contributed by atoms with van der Waals surface area (Å²) in [7, 11) is 0. The van der Waals surface area contributed by atoms with Gasteiger partial charge in [-0.25, -0.2) is 13.8 Å². The molecule has 9 rings (SSSR count). The number of hydrogen-bond acceptors (Lipinski definition) is 3. The van der Waals surface area contributed by atoms with E-state index in [9.17, 15) is 10.2 Å². The van der Waals surface area contributed by atoms with E-state index >= 15 is 8.78 Å². The zero-order chi connectivity index (χ0) is 44.5. The summed E-state index contributed by atoms with van der Waals surface area (Å²) in [6, 6.07) is 27.6. The number of aromatic nitrogens is 1. The van der Waals surface area contributed by atoms with Crippen LogP contribution in [0.5, 0.6) is 11.5 Å². The summed E-state index contributed by atoms with van der Waals surface area (Å²) in [6.07, 6.45) is 9.84. The fraction of sp³-hybridized carbons (Fsp3) is 0.475. The number of benzene rings is 4. The van der Waals surface area contributed by atoms with Crippen LogP contribution in [0.4, 0.5) is 8.78 Å². The summed E-state index contributed by atoms with van der Waals surface area (Å²) in [5.41, 5.74) is 6.30. The Bertz CT molecular complexity index is 2380. The molecule has 3 nitrogen and oxygen atoms in total. The van der Waals surface area contributed by atoms with Gasteiger partial charge >= 0.3 is 0 Å². The molecule has 6 heteroatoms. The van der Waals surface area contributed by atoms with E-state index in [1.807, 2.05) is 66.7 Å². The quantitative estimate of drug-likeness (QED) is 0.132. The molecule has 4 saturated carbocycles. The molecule has 1 heterocycles. The molecule has 1 aromatic heterocycles. The fourth-order valence-corrected chi connectivity index (χ4v) is 16.5. The Morgan fingerprint density at radius 1 is 0.400 bits per heavy atom. The van der Waals surface area contributed by atoms with Crippen LogP contribution in [-0.2, 0) is 36.7 Å². The molecule has 4 aliphatic carbocycles. The van der Waals surface area contributed by atoms with Crippen LogP contribution in [0.25, 0.3) is 44.8 Å². The van der Waals surface area contributed by atoms with Crippen molar-refractivity contribution in [2.75, 3.05) is 0 Å². The van der Waals surface area contributed by atoms with Crippen molar-refractivity contribution in [2.24, 2.45) is 32.5 Å². The molecule has 4 bridgehead atoms. The number of aromatic hydroxyl groups is 2. The predicted molar refractivity (Wildman–Crippen MR) is 263 cm³/mol. The molecule has 4 fully saturated rings. The van der Waals surface area contributed by atoms with E-state index in [0.717, 1.165) is 86.5 Å². The molecule has 0 aliphatic heterocycles. The van der Waals surface area contributed by atoms with E-state index in [1.165, 1.54) is 12.1 Å². The van der Waals surface area contributed by atoms with E-state index in [4.69, 9.17) is 4.98 Å². The molecule has 65 heavy (non-hydrogen) atoms. The average Bonchev–Trinajstić information content (AvgIpc) is 3.12. The van der Waals surface area contributed by atoms with Crippen LogP contribution in [0.3, 0.4) is 0 Å². The van der Waals surface area contributed by atoms with Gasteiger partial charge in [0.2, 0.25) is 0 Å². The van der Waals surface area contributed by atoms with E-state index in [0.29, 0.717) is 33.6 Å². The van der Waals surface area contributed by atoms with Crippen LogP contribution in [0.1, 0.15) is 145 Å². The Morgan fingerprint density at radius 3 is 1.03 bits per heavy atom. The third kappa shape index (κ3) is 9.34. The summed E-state index contributed by atoms with van der Waals surface area (Å²) in [6.45, 7) is 23.4. The smallest absolute Gasteiger partial charge is 0.127 e. The minimum Gasteiger partial charge on any atom is -0.507 e. The van der Waals surface area contributed by atoms with E-state index in [1.54, 1.807) is 12.1 Å². The zero-order valence-corrected chi connectivity index (χ0v) is 44.9. The van der Waals surface area contributed by atoms with Crippen molar-refractivity contribution in [2.45, 2.75) is 144 Å². The summed E-state index contributed by atoms with van der Waals surface area (Å²) in [5, 5.41) is 24.9. The first kappa shape index (κ1) is 50.8. The minimum absolute atomic E-state index is 0. The Morgan fingerprint density at radius 2 is 0.708 bits per heavy atom. The third-order valence-electron chi connectivity index (χ3n) is 15.4. The molecule has 2 N–H and O–H groups in total. The van der Waals surface area contributed by atoms with Gasteiger partial charge in [-0.05, 0) is 144 Å². The first-order valence-electron chi connectivity index (χ1n) is 23.1. The van der Waals surface area contributed by atoms with Crippen molar-refractivity contribution < 1.29 is 44.8 Å². The number of phenols is 2. The summed E-state index contributed by atoms with van der Waals surface area (Å²) in [4.78, 5) is 5.26. The van der Waals surface area contributed by atoms with Gasteiger partial charge < -0.3 is 25.1 Å². The molecule has 346 valence electrons. The second-order valence-corrected chi connectivity index (χ2v) is 24.8. The van der Waals surface area contributed by atoms with E-state index in [2.05, 4.69) is 69.2 Å². The maximum absolute atomic E-state index is 16.2.